The fourth-order valence-electron chi connectivity index (χ4n) is 2.48. The van der Waals surface area contributed by atoms with E-state index in [0.29, 0.717) is 12.1 Å². The molecule has 1 atom stereocenters. The number of nitrogens with zero attached hydrogens (tertiary/aromatic N) is 2. The maximum atomic E-state index is 13.9. The molecule has 0 aliphatic heterocycles. The fraction of sp³-hybridized carbons (Fsp3) is 0.412. The normalized spacial score (nSPS) is 15.3. The summed E-state index contributed by atoms with van der Waals surface area (Å²) in [6.45, 7) is 4.16. The minimum absolute atomic E-state index is 0.158. The van der Waals surface area contributed by atoms with Crippen molar-refractivity contribution in [2.45, 2.75) is 45.3 Å². The zero-order chi connectivity index (χ0) is 16.4. The molecule has 1 saturated carbocycles. The minimum atomic E-state index is -0.269. The van der Waals surface area contributed by atoms with Crippen LogP contribution in [0.5, 0.6) is 0 Å². The number of rotatable bonds is 5. The fourth-order valence-corrected chi connectivity index (χ4v) is 3.19. The number of nitrogens with one attached hydrogen (secondary N) is 1. The van der Waals surface area contributed by atoms with E-state index in [2.05, 4.69) is 10.3 Å². The summed E-state index contributed by atoms with van der Waals surface area (Å²) in [6, 6.07) is 6.50. The van der Waals surface area contributed by atoms with Gasteiger partial charge in [0.1, 0.15) is 5.82 Å². The largest absolute Gasteiger partial charge is 0.330 e. The lowest BCUT2D eigenvalue weighted by Crippen LogP contribution is -2.42. The monoisotopic (exact) mass is 333 g/mol. The number of aromatic nitrogens is 1. The number of hydrogen-bond acceptors (Lipinski definition) is 3. The number of hydrogen-bond donors (Lipinski definition) is 1. The van der Waals surface area contributed by atoms with E-state index in [-0.39, 0.29) is 23.9 Å². The van der Waals surface area contributed by atoms with Gasteiger partial charge in [0.05, 0.1) is 23.3 Å². The number of halogens is 1. The zero-order valence-corrected chi connectivity index (χ0v) is 14.1. The van der Waals surface area contributed by atoms with E-state index in [4.69, 9.17) is 0 Å². The predicted molar refractivity (Wildman–Crippen MR) is 88.8 cm³/mol. The maximum absolute atomic E-state index is 13.9. The molecule has 0 saturated heterocycles. The second-order valence-electron chi connectivity index (χ2n) is 5.91. The molecule has 0 bridgehead atoms. The number of urea groups is 1. The van der Waals surface area contributed by atoms with Crippen molar-refractivity contribution in [1.29, 1.82) is 0 Å². The highest BCUT2D eigenvalue weighted by Gasteiger charge is 2.33. The highest BCUT2D eigenvalue weighted by atomic mass is 32.1. The maximum Gasteiger partial charge on any atom is 0.318 e. The van der Waals surface area contributed by atoms with E-state index in [1.807, 2.05) is 19.2 Å². The van der Waals surface area contributed by atoms with Gasteiger partial charge < -0.3 is 10.2 Å². The van der Waals surface area contributed by atoms with Gasteiger partial charge >= 0.3 is 6.03 Å². The SMILES string of the molecule is Cc1nc([C@@H](C)NC(=O)N(Cc2ccccc2F)C2CC2)cs1. The Balaban J connectivity index is 1.68. The molecule has 1 aliphatic carbocycles. The van der Waals surface area contributed by atoms with Crippen molar-refractivity contribution in [1.82, 2.24) is 15.2 Å². The van der Waals surface area contributed by atoms with Crippen LogP contribution in [0.1, 0.15) is 42.1 Å². The van der Waals surface area contributed by atoms with Crippen molar-refractivity contribution < 1.29 is 9.18 Å². The smallest absolute Gasteiger partial charge is 0.318 e. The van der Waals surface area contributed by atoms with Gasteiger partial charge in [0, 0.05) is 17.0 Å². The second kappa shape index (κ2) is 6.66. The van der Waals surface area contributed by atoms with Gasteiger partial charge in [0.2, 0.25) is 0 Å². The van der Waals surface area contributed by atoms with Gasteiger partial charge in [-0.15, -0.1) is 11.3 Å². The van der Waals surface area contributed by atoms with Crippen LogP contribution in [0.2, 0.25) is 0 Å². The van der Waals surface area contributed by atoms with Crippen LogP contribution in [-0.2, 0) is 6.54 Å². The Morgan fingerprint density at radius 2 is 2.22 bits per heavy atom. The van der Waals surface area contributed by atoms with Crippen molar-refractivity contribution in [3.05, 3.63) is 51.7 Å². The molecular formula is C17H20FN3OS. The van der Waals surface area contributed by atoms with E-state index in [1.165, 1.54) is 6.07 Å². The average molecular weight is 333 g/mol. The summed E-state index contributed by atoms with van der Waals surface area (Å²) in [5.74, 6) is -0.269. The molecule has 6 heteroatoms. The summed E-state index contributed by atoms with van der Waals surface area (Å²) in [7, 11) is 0. The predicted octanol–water partition coefficient (Wildman–Crippen LogP) is 4.03. The molecule has 0 spiro atoms. The van der Waals surface area contributed by atoms with Crippen LogP contribution in [0.3, 0.4) is 0 Å². The Bertz CT molecular complexity index is 699. The molecule has 2 aromatic rings. The Hall–Kier alpha value is -1.95. The number of aryl methyl sites for hydroxylation is 1. The lowest BCUT2D eigenvalue weighted by Gasteiger charge is -2.25. The lowest BCUT2D eigenvalue weighted by atomic mass is 10.2. The second-order valence-corrected chi connectivity index (χ2v) is 6.98. The quantitative estimate of drug-likeness (QED) is 0.898. The number of thiazole rings is 1. The summed E-state index contributed by atoms with van der Waals surface area (Å²) in [5, 5.41) is 5.91. The molecule has 1 aliphatic rings. The Labute approximate surface area is 139 Å². The zero-order valence-electron chi connectivity index (χ0n) is 13.3. The third kappa shape index (κ3) is 3.88. The van der Waals surface area contributed by atoms with Gasteiger partial charge in [-0.25, -0.2) is 14.2 Å². The first kappa shape index (κ1) is 15.9. The van der Waals surface area contributed by atoms with Crippen LogP contribution >= 0.6 is 11.3 Å². The molecule has 2 amide bonds. The number of benzene rings is 1. The number of carbonyl (C=O) groups excluding carboxylic acids is 1. The molecule has 1 heterocycles. The Morgan fingerprint density at radius 1 is 1.48 bits per heavy atom. The van der Waals surface area contributed by atoms with Gasteiger partial charge in [-0.2, -0.15) is 0 Å². The number of carbonyl (C=O) groups is 1. The topological polar surface area (TPSA) is 45.2 Å². The molecule has 23 heavy (non-hydrogen) atoms. The van der Waals surface area contributed by atoms with Crippen LogP contribution < -0.4 is 5.32 Å². The van der Waals surface area contributed by atoms with Crippen molar-refractivity contribution in [3.63, 3.8) is 0 Å². The van der Waals surface area contributed by atoms with Crippen molar-refractivity contribution in [2.75, 3.05) is 0 Å². The molecule has 0 unspecified atom stereocenters. The van der Waals surface area contributed by atoms with E-state index < -0.39 is 0 Å². The van der Waals surface area contributed by atoms with Gasteiger partial charge in [-0.3, -0.25) is 0 Å². The first-order chi connectivity index (χ1) is 11.0. The number of amides is 2. The van der Waals surface area contributed by atoms with E-state index >= 15 is 0 Å². The van der Waals surface area contributed by atoms with Gasteiger partial charge in [0.15, 0.2) is 0 Å². The highest BCUT2D eigenvalue weighted by molar-refractivity contribution is 7.09. The summed E-state index contributed by atoms with van der Waals surface area (Å²) in [6.07, 6.45) is 1.96. The van der Waals surface area contributed by atoms with Gasteiger partial charge in [0.25, 0.3) is 0 Å². The molecular weight excluding hydrogens is 313 g/mol. The summed E-state index contributed by atoms with van der Waals surface area (Å²) in [5.41, 5.74) is 1.41. The third-order valence-corrected chi connectivity index (χ3v) is 4.76. The highest BCUT2D eigenvalue weighted by Crippen LogP contribution is 2.29. The standard InChI is InChI=1S/C17H20FN3OS/c1-11(16-10-23-12(2)20-16)19-17(22)21(14-7-8-14)9-13-5-3-4-6-15(13)18/h3-6,10-11,14H,7-9H2,1-2H3,(H,19,22)/t11-/m1/s1. The molecule has 1 aromatic carbocycles. The summed E-state index contributed by atoms with van der Waals surface area (Å²) in [4.78, 5) is 18.7. The van der Waals surface area contributed by atoms with Crippen molar-refractivity contribution in [3.8, 4) is 0 Å². The Kier molecular flexibility index (Phi) is 4.61. The van der Waals surface area contributed by atoms with Gasteiger partial charge in [-0.05, 0) is 32.8 Å². The third-order valence-electron chi connectivity index (χ3n) is 3.97. The van der Waals surface area contributed by atoms with Crippen molar-refractivity contribution >= 4 is 17.4 Å². The Morgan fingerprint density at radius 3 is 2.83 bits per heavy atom. The molecule has 1 aromatic heterocycles. The first-order valence-corrected chi connectivity index (χ1v) is 8.65. The molecule has 1 fully saturated rings. The molecule has 3 rings (SSSR count). The summed E-state index contributed by atoms with van der Waals surface area (Å²) >= 11 is 1.57. The molecule has 4 nitrogen and oxygen atoms in total. The van der Waals surface area contributed by atoms with Crippen LogP contribution in [0.25, 0.3) is 0 Å². The van der Waals surface area contributed by atoms with E-state index in [1.54, 1.807) is 34.4 Å². The minimum Gasteiger partial charge on any atom is -0.330 e. The van der Waals surface area contributed by atoms with Crippen LogP contribution in [0.4, 0.5) is 9.18 Å². The lowest BCUT2D eigenvalue weighted by molar-refractivity contribution is 0.188. The van der Waals surface area contributed by atoms with E-state index in [0.717, 1.165) is 23.5 Å². The molecule has 0 radical (unpaired) electrons. The van der Waals surface area contributed by atoms with Crippen molar-refractivity contribution in [2.24, 2.45) is 0 Å². The van der Waals surface area contributed by atoms with Crippen LogP contribution in [-0.4, -0.2) is 22.0 Å². The average Bonchev–Trinajstić information content (AvgIpc) is 3.26. The summed E-state index contributed by atoms with van der Waals surface area (Å²) < 4.78 is 13.9. The van der Waals surface area contributed by atoms with Gasteiger partial charge in [-0.1, -0.05) is 18.2 Å². The molecule has 122 valence electrons. The van der Waals surface area contributed by atoms with Crippen LogP contribution in [0.15, 0.2) is 29.6 Å². The molecule has 1 N–H and O–H groups in total. The van der Waals surface area contributed by atoms with E-state index in [9.17, 15) is 9.18 Å². The van der Waals surface area contributed by atoms with Crippen LogP contribution in [0, 0.1) is 12.7 Å². The first-order valence-electron chi connectivity index (χ1n) is 7.77.